The molecule has 5 heterocycles. The van der Waals surface area contributed by atoms with Crippen LogP contribution in [0, 0.1) is 5.21 Å². The van der Waals surface area contributed by atoms with Crippen molar-refractivity contribution in [3.63, 3.8) is 0 Å². The number of hydrogen-bond acceptors (Lipinski definition) is 13. The van der Waals surface area contributed by atoms with Crippen molar-refractivity contribution in [2.75, 3.05) is 10.6 Å². The number of carbonyl (C=O) groups excluding carboxylic acids is 9. The van der Waals surface area contributed by atoms with Crippen LogP contribution in [-0.4, -0.2) is 90.0 Å². The third kappa shape index (κ3) is 5.94. The normalized spacial score (nSPS) is 22.5. The van der Waals surface area contributed by atoms with Gasteiger partial charge in [-0.15, -0.1) is 5.10 Å². The molecule has 266 valence electrons. The van der Waals surface area contributed by atoms with E-state index < -0.39 is 83.2 Å². The van der Waals surface area contributed by atoms with Crippen LogP contribution in [0.2, 0.25) is 0 Å². The number of hydroxylamine groups is 3. The Morgan fingerprint density at radius 1 is 0.885 bits per heavy atom. The van der Waals surface area contributed by atoms with E-state index in [4.69, 9.17) is 4.74 Å². The first-order valence-corrected chi connectivity index (χ1v) is 15.9. The number of ether oxygens (including phenoxy) is 1. The highest BCUT2D eigenvalue weighted by atomic mass is 16.6. The summed E-state index contributed by atoms with van der Waals surface area (Å²) >= 11 is 0. The molecule has 7 rings (SSSR count). The number of aromatic nitrogens is 3. The monoisotopic (exact) mass is 713 g/mol. The molecule has 4 N–H and O–H groups in total. The Morgan fingerprint density at radius 3 is 2.31 bits per heavy atom. The van der Waals surface area contributed by atoms with E-state index in [9.17, 15) is 48.4 Å². The molecule has 0 aliphatic carbocycles. The highest BCUT2D eigenvalue weighted by Gasteiger charge is 2.50. The lowest BCUT2D eigenvalue weighted by Crippen LogP contribution is -2.60. The predicted octanol–water partition coefficient (Wildman–Crippen LogP) is -0.160. The lowest BCUT2D eigenvalue weighted by Gasteiger charge is -2.42. The number of anilines is 2. The maximum absolute atomic E-state index is 13.7. The van der Waals surface area contributed by atoms with Crippen molar-refractivity contribution in [3.8, 4) is 0 Å². The van der Waals surface area contributed by atoms with Crippen LogP contribution in [-0.2, 0) is 48.4 Å². The summed E-state index contributed by atoms with van der Waals surface area (Å²) in [6.07, 6.45) is 0.0419. The fourth-order valence-corrected chi connectivity index (χ4v) is 6.66. The van der Waals surface area contributed by atoms with Gasteiger partial charge in [-0.1, -0.05) is 23.4 Å². The number of carbonyl (C=O) groups is 9. The second-order valence-corrected chi connectivity index (χ2v) is 12.4. The van der Waals surface area contributed by atoms with E-state index >= 15 is 0 Å². The van der Waals surface area contributed by atoms with E-state index in [-0.39, 0.29) is 66.0 Å². The molecule has 3 unspecified atom stereocenters. The molecule has 20 nitrogen and oxygen atoms in total. The molecule has 2 fully saturated rings. The van der Waals surface area contributed by atoms with Gasteiger partial charge in [-0.25, -0.2) is 14.3 Å². The van der Waals surface area contributed by atoms with Gasteiger partial charge in [0.15, 0.2) is 6.04 Å². The van der Waals surface area contributed by atoms with Crippen LogP contribution in [0.15, 0.2) is 42.6 Å². The summed E-state index contributed by atoms with van der Waals surface area (Å²) in [6, 6.07) is 6.20. The van der Waals surface area contributed by atoms with Crippen LogP contribution in [0.1, 0.15) is 68.0 Å². The lowest BCUT2D eigenvalue weighted by atomic mass is 10.0. The van der Waals surface area contributed by atoms with Crippen LogP contribution in [0.4, 0.5) is 16.2 Å². The summed E-state index contributed by atoms with van der Waals surface area (Å²) in [5, 5.41) is 30.6. The first-order chi connectivity index (χ1) is 24.8. The SMILES string of the molecule is O=C1CCC(N2C(=O)c3cccc(NC(=O)OCc4cn(CC(=O)Nc5cccc6c5C(=O)[N+]([O-])(C5CCC(=O)NC5=O)C6)nn4)c3C2=O)C(=O)N1. The zero-order valence-electron chi connectivity index (χ0n) is 26.9. The minimum Gasteiger partial charge on any atom is -0.624 e. The number of quaternary nitrogens is 1. The summed E-state index contributed by atoms with van der Waals surface area (Å²) < 4.78 is 4.81. The first kappa shape index (κ1) is 33.8. The molecular formula is C32H27N9O11. The molecule has 4 aliphatic heterocycles. The molecule has 2 aromatic carbocycles. The number of fused-ring (bicyclic) bond motifs is 2. The van der Waals surface area contributed by atoms with Crippen molar-refractivity contribution in [3.05, 3.63) is 75.8 Å². The van der Waals surface area contributed by atoms with E-state index in [1.807, 2.05) is 0 Å². The van der Waals surface area contributed by atoms with Gasteiger partial charge in [0.05, 0.1) is 28.7 Å². The quantitative estimate of drug-likeness (QED) is 0.134. The molecule has 0 bridgehead atoms. The standard InChI is InChI=1S/C32H27N9O11/c42-22-9-7-20(27(45)35-22)40-29(47)17-4-2-6-19(26(17)30(40)48)34-32(50)52-14-16-11-39(38-37-16)12-24(44)33-18-5-1-3-15-13-41(51,31(49)25(15)18)21-8-10-23(43)36-28(21)46/h1-6,11,20-21H,7-10,12-14H2,(H,33,44)(H,34,50)(H,35,42,45)(H,36,43,46). The van der Waals surface area contributed by atoms with Crippen LogP contribution in [0.5, 0.6) is 0 Å². The van der Waals surface area contributed by atoms with E-state index in [0.717, 1.165) is 9.58 Å². The largest absolute Gasteiger partial charge is 0.624 e. The summed E-state index contributed by atoms with van der Waals surface area (Å²) in [5.41, 5.74) is 0.254. The second-order valence-electron chi connectivity index (χ2n) is 12.4. The van der Waals surface area contributed by atoms with Gasteiger partial charge in [0.1, 0.15) is 37.0 Å². The van der Waals surface area contributed by atoms with E-state index in [0.29, 0.717) is 5.56 Å². The predicted molar refractivity (Wildman–Crippen MR) is 170 cm³/mol. The molecule has 3 aromatic rings. The molecule has 20 heteroatoms. The van der Waals surface area contributed by atoms with E-state index in [1.165, 1.54) is 30.5 Å². The second kappa shape index (κ2) is 12.9. The average Bonchev–Trinajstić information content (AvgIpc) is 3.73. The zero-order chi connectivity index (χ0) is 36.9. The molecule has 3 atom stereocenters. The Balaban J connectivity index is 0.950. The van der Waals surface area contributed by atoms with Gasteiger partial charge in [-0.3, -0.25) is 59.1 Å². The maximum Gasteiger partial charge on any atom is 0.412 e. The third-order valence-electron chi connectivity index (χ3n) is 9.05. The Bertz CT molecular complexity index is 2150. The number of nitrogens with zero attached hydrogens (tertiary/aromatic N) is 5. The molecule has 4 aliphatic rings. The molecule has 0 saturated carbocycles. The van der Waals surface area contributed by atoms with Gasteiger partial charge >= 0.3 is 12.0 Å². The molecule has 0 radical (unpaired) electrons. The Hall–Kier alpha value is -6.67. The van der Waals surface area contributed by atoms with E-state index in [1.54, 1.807) is 12.1 Å². The average molecular weight is 714 g/mol. The number of piperidine rings is 2. The molecule has 0 spiro atoms. The Labute approximate surface area is 291 Å². The number of hydrogen-bond donors (Lipinski definition) is 4. The number of amides is 9. The summed E-state index contributed by atoms with van der Waals surface area (Å²) in [5.74, 6) is -5.77. The Kier molecular flexibility index (Phi) is 8.39. The smallest absolute Gasteiger partial charge is 0.412 e. The fraction of sp³-hybridized carbons (Fsp3) is 0.281. The highest BCUT2D eigenvalue weighted by molar-refractivity contribution is 6.26. The number of benzene rings is 2. The van der Waals surface area contributed by atoms with Crippen LogP contribution in [0.25, 0.3) is 0 Å². The van der Waals surface area contributed by atoms with Gasteiger partial charge in [-0.05, 0) is 24.6 Å². The van der Waals surface area contributed by atoms with Crippen LogP contribution >= 0.6 is 0 Å². The number of nitrogens with one attached hydrogen (secondary N) is 4. The van der Waals surface area contributed by atoms with Crippen molar-refractivity contribution in [1.82, 2.24) is 30.5 Å². The third-order valence-corrected chi connectivity index (χ3v) is 9.05. The van der Waals surface area contributed by atoms with Gasteiger partial charge in [-0.2, -0.15) is 0 Å². The van der Waals surface area contributed by atoms with Gasteiger partial charge in [0.25, 0.3) is 17.7 Å². The van der Waals surface area contributed by atoms with Gasteiger partial charge in [0.2, 0.25) is 23.6 Å². The van der Waals surface area contributed by atoms with Crippen molar-refractivity contribution >= 4 is 64.7 Å². The van der Waals surface area contributed by atoms with Gasteiger partial charge in [0, 0.05) is 24.8 Å². The molecule has 9 amide bonds. The zero-order valence-corrected chi connectivity index (χ0v) is 26.9. The fourth-order valence-electron chi connectivity index (χ4n) is 6.66. The molecule has 52 heavy (non-hydrogen) atoms. The van der Waals surface area contributed by atoms with Crippen molar-refractivity contribution in [2.24, 2.45) is 0 Å². The summed E-state index contributed by atoms with van der Waals surface area (Å²) in [4.78, 5) is 114. The van der Waals surface area contributed by atoms with E-state index in [2.05, 4.69) is 31.6 Å². The minimum atomic E-state index is -1.51. The van der Waals surface area contributed by atoms with Crippen molar-refractivity contribution < 1.29 is 52.5 Å². The lowest BCUT2D eigenvalue weighted by molar-refractivity contribution is -0.825. The highest BCUT2D eigenvalue weighted by Crippen LogP contribution is 2.38. The molecular weight excluding hydrogens is 686 g/mol. The first-order valence-electron chi connectivity index (χ1n) is 15.9. The summed E-state index contributed by atoms with van der Waals surface area (Å²) in [6.45, 7) is -1.15. The molecule has 2 saturated heterocycles. The topological polar surface area (TPSA) is 268 Å². The van der Waals surface area contributed by atoms with Crippen molar-refractivity contribution in [1.29, 1.82) is 0 Å². The van der Waals surface area contributed by atoms with Gasteiger partial charge < -0.3 is 15.3 Å². The Morgan fingerprint density at radius 2 is 1.58 bits per heavy atom. The number of imide groups is 3. The summed E-state index contributed by atoms with van der Waals surface area (Å²) in [7, 11) is 0. The maximum atomic E-state index is 13.7. The van der Waals surface area contributed by atoms with Crippen molar-refractivity contribution in [2.45, 2.75) is 57.5 Å². The molecule has 1 aromatic heterocycles. The number of rotatable bonds is 8. The van der Waals surface area contributed by atoms with Crippen LogP contribution < -0.4 is 21.3 Å². The van der Waals surface area contributed by atoms with Crippen LogP contribution in [0.3, 0.4) is 0 Å². The minimum absolute atomic E-state index is 0.0342.